The van der Waals surface area contributed by atoms with Crippen LogP contribution in [0.25, 0.3) is 0 Å². The first kappa shape index (κ1) is 13.8. The Morgan fingerprint density at radius 3 is 2.75 bits per heavy atom. The normalized spacial score (nSPS) is 21.1. The molecule has 0 saturated carbocycles. The van der Waals surface area contributed by atoms with E-state index in [1.807, 2.05) is 0 Å². The molecule has 1 N–H and O–H groups in total. The Morgan fingerprint density at radius 2 is 2.00 bits per heavy atom. The lowest BCUT2D eigenvalue weighted by Gasteiger charge is -2.29. The third kappa shape index (κ3) is 2.67. The zero-order valence-corrected chi connectivity index (χ0v) is 12.0. The second-order valence-electron chi connectivity index (χ2n) is 5.25. The third-order valence-electron chi connectivity index (χ3n) is 3.73. The van der Waals surface area contributed by atoms with E-state index in [0.717, 1.165) is 18.6 Å². The number of benzene rings is 1. The smallest absolute Gasteiger partial charge is 0.161 e. The van der Waals surface area contributed by atoms with Crippen molar-refractivity contribution in [2.75, 3.05) is 24.3 Å². The largest absolute Gasteiger partial charge is 0.381 e. The topological polar surface area (TPSA) is 33.6 Å². The molecule has 2 heterocycles. The number of aryl methyl sites for hydroxylation is 1. The molecule has 2 aliphatic rings. The summed E-state index contributed by atoms with van der Waals surface area (Å²) in [4.78, 5) is 4.67. The van der Waals surface area contributed by atoms with Crippen LogP contribution in [0.15, 0.2) is 17.1 Å². The fourth-order valence-corrected chi connectivity index (χ4v) is 3.61. The summed E-state index contributed by atoms with van der Waals surface area (Å²) >= 11 is 1.56. The summed E-state index contributed by atoms with van der Waals surface area (Å²) in [5.41, 5.74) is 0.351. The fraction of sp³-hybridized carbons (Fsp3) is 0.500. The minimum absolute atomic E-state index is 0.0923. The van der Waals surface area contributed by atoms with Crippen LogP contribution in [0.2, 0.25) is 0 Å². The van der Waals surface area contributed by atoms with Crippen LogP contribution < -0.4 is 5.32 Å². The summed E-state index contributed by atoms with van der Waals surface area (Å²) in [6.07, 6.45) is 1.77. The second kappa shape index (κ2) is 5.33. The van der Waals surface area contributed by atoms with Crippen molar-refractivity contribution in [2.24, 2.45) is 4.99 Å². The van der Waals surface area contributed by atoms with Gasteiger partial charge in [0, 0.05) is 25.0 Å². The zero-order valence-electron chi connectivity index (χ0n) is 11.2. The number of hydrogen-bond donors (Lipinski definition) is 1. The van der Waals surface area contributed by atoms with Gasteiger partial charge >= 0.3 is 0 Å². The molecule has 0 amide bonds. The van der Waals surface area contributed by atoms with Crippen LogP contribution in [0, 0.1) is 18.6 Å². The van der Waals surface area contributed by atoms with Gasteiger partial charge in [-0.15, -0.1) is 0 Å². The number of nitrogens with zero attached hydrogens (tertiary/aromatic N) is 1. The van der Waals surface area contributed by atoms with Gasteiger partial charge in [-0.05, 0) is 31.4 Å². The van der Waals surface area contributed by atoms with Gasteiger partial charge in [0.15, 0.2) is 5.17 Å². The summed E-state index contributed by atoms with van der Waals surface area (Å²) in [5.74, 6) is -0.00678. The molecule has 3 nitrogen and oxygen atoms in total. The van der Waals surface area contributed by atoms with E-state index in [1.54, 1.807) is 18.7 Å². The molecule has 1 aromatic rings. The van der Waals surface area contributed by atoms with Crippen LogP contribution in [-0.4, -0.2) is 29.7 Å². The van der Waals surface area contributed by atoms with E-state index in [-0.39, 0.29) is 11.2 Å². The van der Waals surface area contributed by atoms with Crippen LogP contribution in [0.5, 0.6) is 0 Å². The van der Waals surface area contributed by atoms with Gasteiger partial charge in [0.05, 0.1) is 11.2 Å². The maximum atomic E-state index is 13.8. The van der Waals surface area contributed by atoms with E-state index < -0.39 is 11.6 Å². The van der Waals surface area contributed by atoms with Gasteiger partial charge in [-0.1, -0.05) is 11.8 Å². The molecule has 1 spiro atoms. The Labute approximate surface area is 120 Å². The summed E-state index contributed by atoms with van der Waals surface area (Å²) in [6.45, 7) is 2.97. The molecule has 3 rings (SSSR count). The first-order valence-electron chi connectivity index (χ1n) is 6.61. The predicted molar refractivity (Wildman–Crippen MR) is 77.4 cm³/mol. The van der Waals surface area contributed by atoms with Crippen molar-refractivity contribution >= 4 is 22.6 Å². The highest BCUT2D eigenvalue weighted by atomic mass is 32.2. The average Bonchev–Trinajstić information content (AvgIpc) is 2.79. The third-order valence-corrected chi connectivity index (χ3v) is 4.88. The highest BCUT2D eigenvalue weighted by Crippen LogP contribution is 2.36. The van der Waals surface area contributed by atoms with Gasteiger partial charge in [0.25, 0.3) is 0 Å². The fourth-order valence-electron chi connectivity index (χ4n) is 2.41. The van der Waals surface area contributed by atoms with Gasteiger partial charge in [0.1, 0.15) is 11.6 Å². The van der Waals surface area contributed by atoms with E-state index in [2.05, 4.69) is 10.3 Å². The maximum absolute atomic E-state index is 13.8. The highest BCUT2D eigenvalue weighted by Gasteiger charge is 2.37. The molecule has 2 aliphatic heterocycles. The van der Waals surface area contributed by atoms with Gasteiger partial charge in [-0.25, -0.2) is 8.78 Å². The lowest BCUT2D eigenvalue weighted by Crippen LogP contribution is -2.34. The van der Waals surface area contributed by atoms with Crippen molar-refractivity contribution in [1.82, 2.24) is 0 Å². The first-order valence-corrected chi connectivity index (χ1v) is 7.60. The number of aliphatic imine (C=N–C) groups is 1. The van der Waals surface area contributed by atoms with E-state index in [1.165, 1.54) is 12.1 Å². The summed E-state index contributed by atoms with van der Waals surface area (Å²) < 4.78 is 32.7. The van der Waals surface area contributed by atoms with E-state index in [4.69, 9.17) is 4.74 Å². The number of halogens is 2. The summed E-state index contributed by atoms with van der Waals surface area (Å²) in [5, 5.41) is 3.57. The molecule has 0 unspecified atom stereocenters. The van der Waals surface area contributed by atoms with Crippen molar-refractivity contribution in [1.29, 1.82) is 0 Å². The van der Waals surface area contributed by atoms with E-state index >= 15 is 0 Å². The molecule has 1 fully saturated rings. The quantitative estimate of drug-likeness (QED) is 0.863. The number of nitrogens with one attached hydrogen (secondary N) is 1. The van der Waals surface area contributed by atoms with Gasteiger partial charge < -0.3 is 10.1 Å². The Bertz CT molecular complexity index is 556. The van der Waals surface area contributed by atoms with Crippen LogP contribution in [0.3, 0.4) is 0 Å². The molecule has 0 aliphatic carbocycles. The molecule has 0 bridgehead atoms. The van der Waals surface area contributed by atoms with Gasteiger partial charge in [0.2, 0.25) is 0 Å². The number of anilines is 1. The monoisotopic (exact) mass is 298 g/mol. The Kier molecular flexibility index (Phi) is 3.69. The standard InChI is InChI=1S/C14H16F2N2OS/c1-9-6-11(16)12(7-10(9)15)17-13-18-14(8-20-13)2-4-19-5-3-14/h6-7H,2-5,8H2,1H3,(H,17,18). The molecule has 108 valence electrons. The maximum Gasteiger partial charge on any atom is 0.161 e. The van der Waals surface area contributed by atoms with E-state index in [9.17, 15) is 8.78 Å². The predicted octanol–water partition coefficient (Wildman–Crippen LogP) is 3.34. The van der Waals surface area contributed by atoms with Crippen molar-refractivity contribution in [2.45, 2.75) is 25.3 Å². The molecule has 1 aromatic carbocycles. The molecule has 0 atom stereocenters. The molecule has 6 heteroatoms. The van der Waals surface area contributed by atoms with E-state index in [0.29, 0.717) is 23.9 Å². The zero-order chi connectivity index (χ0) is 14.2. The minimum atomic E-state index is -0.458. The summed E-state index contributed by atoms with van der Waals surface area (Å²) in [6, 6.07) is 2.38. The van der Waals surface area contributed by atoms with Crippen molar-refractivity contribution in [3.63, 3.8) is 0 Å². The lowest BCUT2D eigenvalue weighted by molar-refractivity contribution is 0.0624. The number of hydrogen-bond acceptors (Lipinski definition) is 4. The minimum Gasteiger partial charge on any atom is -0.381 e. The van der Waals surface area contributed by atoms with Crippen LogP contribution in [-0.2, 0) is 4.74 Å². The Balaban J connectivity index is 1.78. The molecule has 0 radical (unpaired) electrons. The van der Waals surface area contributed by atoms with Gasteiger partial charge in [-0.2, -0.15) is 0 Å². The highest BCUT2D eigenvalue weighted by molar-refractivity contribution is 8.14. The molecular weight excluding hydrogens is 282 g/mol. The lowest BCUT2D eigenvalue weighted by atomic mass is 9.93. The SMILES string of the molecule is Cc1cc(F)c(NC2=NC3(CCOCC3)CS2)cc1F. The number of amidine groups is 1. The van der Waals surface area contributed by atoms with Crippen molar-refractivity contribution < 1.29 is 13.5 Å². The van der Waals surface area contributed by atoms with Crippen molar-refractivity contribution in [3.8, 4) is 0 Å². The second-order valence-corrected chi connectivity index (χ2v) is 6.21. The number of ether oxygens (including phenoxy) is 1. The average molecular weight is 298 g/mol. The van der Waals surface area contributed by atoms with Crippen LogP contribution >= 0.6 is 11.8 Å². The van der Waals surface area contributed by atoms with Crippen LogP contribution in [0.4, 0.5) is 14.5 Å². The number of thioether (sulfide) groups is 1. The van der Waals surface area contributed by atoms with Gasteiger partial charge in [-0.3, -0.25) is 4.99 Å². The Morgan fingerprint density at radius 1 is 1.25 bits per heavy atom. The summed E-state index contributed by atoms with van der Waals surface area (Å²) in [7, 11) is 0. The Hall–Kier alpha value is -1.14. The van der Waals surface area contributed by atoms with Crippen LogP contribution in [0.1, 0.15) is 18.4 Å². The number of rotatable bonds is 1. The molecule has 0 aromatic heterocycles. The first-order chi connectivity index (χ1) is 9.58. The molecule has 20 heavy (non-hydrogen) atoms. The molecule has 1 saturated heterocycles. The van der Waals surface area contributed by atoms with Crippen molar-refractivity contribution in [3.05, 3.63) is 29.3 Å². The molecular formula is C14H16F2N2OS.